The molecule has 0 atom stereocenters. The van der Waals surface area contributed by atoms with E-state index in [1.54, 1.807) is 18.2 Å². The van der Waals surface area contributed by atoms with Gasteiger partial charge >= 0.3 is 5.97 Å². The minimum absolute atomic E-state index is 0.0302. The van der Waals surface area contributed by atoms with Gasteiger partial charge in [0.05, 0.1) is 11.3 Å². The first-order chi connectivity index (χ1) is 9.65. The number of nitrogens with one attached hydrogen (secondary N) is 1. The smallest absolute Gasteiger partial charge is 0.335 e. The minimum atomic E-state index is -0.945. The molecule has 0 saturated heterocycles. The molecule has 2 rings (SSSR count). The molecule has 0 spiro atoms. The van der Waals surface area contributed by atoms with Crippen LogP contribution in [0.2, 0.25) is 0 Å². The summed E-state index contributed by atoms with van der Waals surface area (Å²) in [4.78, 5) is 23.5. The molecular weight excluding hydrogens is 274 g/mol. The maximum Gasteiger partial charge on any atom is 0.335 e. The largest absolute Gasteiger partial charge is 0.478 e. The highest BCUT2D eigenvalue weighted by molar-refractivity contribution is 8.00. The first kappa shape index (κ1) is 14.9. The standard InChI is InChI=1S/C15H19NO3S/c17-14(16-12-6-2-1-3-7-12)10-20-13-8-4-5-11(9-13)15(18)19/h4-5,8-9,12H,1-3,6-7,10H2,(H,16,17)(H,18,19). The van der Waals surface area contributed by atoms with Crippen LogP contribution in [0.15, 0.2) is 29.2 Å². The second-order valence-corrected chi connectivity index (χ2v) is 6.07. The van der Waals surface area contributed by atoms with Gasteiger partial charge in [0.25, 0.3) is 0 Å². The highest BCUT2D eigenvalue weighted by Crippen LogP contribution is 2.20. The number of hydrogen-bond acceptors (Lipinski definition) is 3. The molecule has 4 nitrogen and oxygen atoms in total. The van der Waals surface area contributed by atoms with Crippen LogP contribution in [0.25, 0.3) is 0 Å². The first-order valence-electron chi connectivity index (χ1n) is 6.90. The van der Waals surface area contributed by atoms with Gasteiger partial charge in [-0.15, -0.1) is 11.8 Å². The third-order valence-electron chi connectivity index (χ3n) is 3.42. The third kappa shape index (κ3) is 4.56. The van der Waals surface area contributed by atoms with Crippen molar-refractivity contribution in [1.82, 2.24) is 5.32 Å². The van der Waals surface area contributed by atoms with Gasteiger partial charge in [-0.3, -0.25) is 4.79 Å². The van der Waals surface area contributed by atoms with Crippen molar-refractivity contribution in [2.45, 2.75) is 43.0 Å². The summed E-state index contributed by atoms with van der Waals surface area (Å²) >= 11 is 1.37. The van der Waals surface area contributed by atoms with Gasteiger partial charge in [0.1, 0.15) is 0 Å². The van der Waals surface area contributed by atoms with Crippen molar-refractivity contribution in [2.75, 3.05) is 5.75 Å². The molecule has 1 fully saturated rings. The number of carbonyl (C=O) groups excluding carboxylic acids is 1. The van der Waals surface area contributed by atoms with Gasteiger partial charge in [-0.2, -0.15) is 0 Å². The van der Waals surface area contributed by atoms with Crippen LogP contribution < -0.4 is 5.32 Å². The van der Waals surface area contributed by atoms with E-state index in [1.165, 1.54) is 31.0 Å². The number of carbonyl (C=O) groups is 2. The Bertz CT molecular complexity index is 484. The van der Waals surface area contributed by atoms with E-state index in [1.807, 2.05) is 6.07 Å². The van der Waals surface area contributed by atoms with E-state index in [2.05, 4.69) is 5.32 Å². The minimum Gasteiger partial charge on any atom is -0.478 e. The summed E-state index contributed by atoms with van der Waals surface area (Å²) in [6.07, 6.45) is 5.80. The average molecular weight is 293 g/mol. The van der Waals surface area contributed by atoms with Crippen molar-refractivity contribution in [1.29, 1.82) is 0 Å². The summed E-state index contributed by atoms with van der Waals surface area (Å²) in [5.41, 5.74) is 0.252. The molecule has 2 N–H and O–H groups in total. The molecular formula is C15H19NO3S. The Labute approximate surface area is 123 Å². The van der Waals surface area contributed by atoms with Crippen LogP contribution in [-0.4, -0.2) is 28.8 Å². The van der Waals surface area contributed by atoms with Crippen molar-refractivity contribution in [3.8, 4) is 0 Å². The zero-order chi connectivity index (χ0) is 14.4. The van der Waals surface area contributed by atoms with Crippen LogP contribution in [0.5, 0.6) is 0 Å². The van der Waals surface area contributed by atoms with E-state index in [9.17, 15) is 9.59 Å². The Morgan fingerprint density at radius 2 is 2.00 bits per heavy atom. The molecule has 5 heteroatoms. The molecule has 20 heavy (non-hydrogen) atoms. The predicted octanol–water partition coefficient (Wildman–Crippen LogP) is 2.93. The van der Waals surface area contributed by atoms with Crippen molar-refractivity contribution in [3.05, 3.63) is 29.8 Å². The number of aromatic carboxylic acids is 1. The van der Waals surface area contributed by atoms with Gasteiger partial charge in [0.2, 0.25) is 5.91 Å². The second-order valence-electron chi connectivity index (χ2n) is 5.02. The maximum atomic E-state index is 11.9. The van der Waals surface area contributed by atoms with Crippen LogP contribution in [0.4, 0.5) is 0 Å². The third-order valence-corrected chi connectivity index (χ3v) is 4.41. The number of benzene rings is 1. The number of hydrogen-bond donors (Lipinski definition) is 2. The molecule has 1 saturated carbocycles. The predicted molar refractivity (Wildman–Crippen MR) is 79.1 cm³/mol. The van der Waals surface area contributed by atoms with E-state index in [0.717, 1.165) is 17.7 Å². The molecule has 0 aliphatic heterocycles. The van der Waals surface area contributed by atoms with E-state index in [4.69, 9.17) is 5.11 Å². The maximum absolute atomic E-state index is 11.9. The van der Waals surface area contributed by atoms with Crippen molar-refractivity contribution in [2.24, 2.45) is 0 Å². The van der Waals surface area contributed by atoms with Gasteiger partial charge in [0, 0.05) is 10.9 Å². The Kier molecular flexibility index (Phi) is 5.47. The normalized spacial score (nSPS) is 15.8. The molecule has 1 aliphatic carbocycles. The monoisotopic (exact) mass is 293 g/mol. The molecule has 1 aromatic carbocycles. The van der Waals surface area contributed by atoms with Gasteiger partial charge in [-0.1, -0.05) is 25.3 Å². The van der Waals surface area contributed by atoms with E-state index in [-0.39, 0.29) is 11.5 Å². The van der Waals surface area contributed by atoms with Crippen molar-refractivity contribution >= 4 is 23.6 Å². The summed E-state index contributed by atoms with van der Waals surface area (Å²) in [6, 6.07) is 6.99. The SMILES string of the molecule is O=C(CSc1cccc(C(=O)O)c1)NC1CCCCC1. The van der Waals surface area contributed by atoms with Gasteiger partial charge in [0.15, 0.2) is 0 Å². The lowest BCUT2D eigenvalue weighted by molar-refractivity contribution is -0.119. The molecule has 0 radical (unpaired) electrons. The zero-order valence-electron chi connectivity index (χ0n) is 11.3. The lowest BCUT2D eigenvalue weighted by Gasteiger charge is -2.22. The number of amides is 1. The summed E-state index contributed by atoms with van der Waals surface area (Å²) in [5, 5.41) is 12.0. The molecule has 108 valence electrons. The Balaban J connectivity index is 1.80. The second kappa shape index (κ2) is 7.33. The number of rotatable bonds is 5. The highest BCUT2D eigenvalue weighted by Gasteiger charge is 2.15. The van der Waals surface area contributed by atoms with Crippen LogP contribution >= 0.6 is 11.8 Å². The summed E-state index contributed by atoms with van der Waals surface area (Å²) in [6.45, 7) is 0. The van der Waals surface area contributed by atoms with Gasteiger partial charge in [-0.05, 0) is 31.0 Å². The van der Waals surface area contributed by atoms with Crippen LogP contribution in [0.3, 0.4) is 0 Å². The number of carboxylic acids is 1. The zero-order valence-corrected chi connectivity index (χ0v) is 12.1. The van der Waals surface area contributed by atoms with Crippen LogP contribution in [0.1, 0.15) is 42.5 Å². The fourth-order valence-corrected chi connectivity index (χ4v) is 3.15. The lowest BCUT2D eigenvalue weighted by atomic mass is 9.95. The molecule has 0 heterocycles. The molecule has 0 bridgehead atoms. The fraction of sp³-hybridized carbons (Fsp3) is 0.467. The summed E-state index contributed by atoms with van der Waals surface area (Å²) < 4.78 is 0. The lowest BCUT2D eigenvalue weighted by Crippen LogP contribution is -2.37. The number of thioether (sulfide) groups is 1. The molecule has 0 aromatic heterocycles. The first-order valence-corrected chi connectivity index (χ1v) is 7.89. The Morgan fingerprint density at radius 1 is 1.25 bits per heavy atom. The van der Waals surface area contributed by atoms with E-state index < -0.39 is 5.97 Å². The van der Waals surface area contributed by atoms with Gasteiger partial charge < -0.3 is 10.4 Å². The molecule has 1 amide bonds. The Morgan fingerprint density at radius 3 is 2.70 bits per heavy atom. The van der Waals surface area contributed by atoms with Crippen molar-refractivity contribution < 1.29 is 14.7 Å². The van der Waals surface area contributed by atoms with Crippen LogP contribution in [0, 0.1) is 0 Å². The quantitative estimate of drug-likeness (QED) is 0.819. The van der Waals surface area contributed by atoms with E-state index in [0.29, 0.717) is 11.8 Å². The topological polar surface area (TPSA) is 66.4 Å². The van der Waals surface area contributed by atoms with E-state index >= 15 is 0 Å². The summed E-state index contributed by atoms with van der Waals surface area (Å²) in [5.74, 6) is -0.582. The number of carboxylic acid groups (broad SMARTS) is 1. The molecule has 1 aromatic rings. The fourth-order valence-electron chi connectivity index (χ4n) is 2.38. The highest BCUT2D eigenvalue weighted by atomic mass is 32.2. The summed E-state index contributed by atoms with van der Waals surface area (Å²) in [7, 11) is 0. The molecule has 1 aliphatic rings. The van der Waals surface area contributed by atoms with Crippen molar-refractivity contribution in [3.63, 3.8) is 0 Å². The average Bonchev–Trinajstić information content (AvgIpc) is 2.46. The molecule has 0 unspecified atom stereocenters. The van der Waals surface area contributed by atoms with Gasteiger partial charge in [-0.25, -0.2) is 4.79 Å². The van der Waals surface area contributed by atoms with Crippen LogP contribution in [-0.2, 0) is 4.79 Å². The Hall–Kier alpha value is -1.49.